The fraction of sp³-hybridized carbons (Fsp3) is 0.235. The molecule has 0 bridgehead atoms. The number of anilines is 2. The summed E-state index contributed by atoms with van der Waals surface area (Å²) in [6.07, 6.45) is -4.81. The van der Waals surface area contributed by atoms with Crippen LogP contribution >= 0.6 is 23.2 Å². The van der Waals surface area contributed by atoms with Gasteiger partial charge in [-0.1, -0.05) is 23.7 Å². The van der Waals surface area contributed by atoms with E-state index in [2.05, 4.69) is 20.4 Å². The molecule has 154 valence electrons. The number of carbonyl (C=O) groups excluding carboxylic acids is 2. The second kappa shape index (κ2) is 8.34. The summed E-state index contributed by atoms with van der Waals surface area (Å²) >= 11 is 11.8. The lowest BCUT2D eigenvalue weighted by Gasteiger charge is -2.29. The van der Waals surface area contributed by atoms with Crippen molar-refractivity contribution >= 4 is 46.6 Å². The molecule has 7 nitrogen and oxygen atoms in total. The lowest BCUT2D eigenvalue weighted by atomic mass is 10.1. The van der Waals surface area contributed by atoms with E-state index in [0.29, 0.717) is 11.3 Å². The summed E-state index contributed by atoms with van der Waals surface area (Å²) in [5.74, 6) is -0.729. The number of alkyl halides is 4. The molecule has 1 aliphatic heterocycles. The van der Waals surface area contributed by atoms with E-state index in [1.165, 1.54) is 24.3 Å². The molecule has 29 heavy (non-hydrogen) atoms. The predicted octanol–water partition coefficient (Wildman–Crippen LogP) is 4.08. The van der Waals surface area contributed by atoms with Gasteiger partial charge in [0.1, 0.15) is 17.4 Å². The second-order valence-electron chi connectivity index (χ2n) is 5.91. The largest absolute Gasteiger partial charge is 0.573 e. The zero-order valence-electron chi connectivity index (χ0n) is 14.5. The number of nitrogens with zero attached hydrogens (tertiary/aromatic N) is 2. The summed E-state index contributed by atoms with van der Waals surface area (Å²) in [7, 11) is 0. The van der Waals surface area contributed by atoms with Gasteiger partial charge < -0.3 is 15.4 Å². The number of urea groups is 1. The van der Waals surface area contributed by atoms with E-state index in [1.807, 2.05) is 0 Å². The third-order valence-corrected chi connectivity index (χ3v) is 4.40. The fourth-order valence-electron chi connectivity index (χ4n) is 2.64. The predicted molar refractivity (Wildman–Crippen MR) is 100 cm³/mol. The van der Waals surface area contributed by atoms with E-state index < -0.39 is 30.1 Å². The van der Waals surface area contributed by atoms with Crippen molar-refractivity contribution in [3.05, 3.63) is 47.1 Å². The zero-order valence-corrected chi connectivity index (χ0v) is 16.0. The molecule has 3 amide bonds. The summed E-state index contributed by atoms with van der Waals surface area (Å²) in [5, 5.41) is 5.34. The van der Waals surface area contributed by atoms with Gasteiger partial charge in [0, 0.05) is 5.88 Å². The van der Waals surface area contributed by atoms with Crippen LogP contribution in [0.2, 0.25) is 5.15 Å². The van der Waals surface area contributed by atoms with Crippen LogP contribution in [0.25, 0.3) is 0 Å². The van der Waals surface area contributed by atoms with Crippen molar-refractivity contribution in [1.82, 2.24) is 10.3 Å². The molecule has 2 heterocycles. The van der Waals surface area contributed by atoms with Gasteiger partial charge >= 0.3 is 12.4 Å². The quantitative estimate of drug-likeness (QED) is 0.545. The van der Waals surface area contributed by atoms with Gasteiger partial charge in [0.15, 0.2) is 5.82 Å². The van der Waals surface area contributed by atoms with E-state index in [-0.39, 0.29) is 23.4 Å². The maximum absolute atomic E-state index is 12.7. The van der Waals surface area contributed by atoms with Crippen molar-refractivity contribution in [2.24, 2.45) is 0 Å². The van der Waals surface area contributed by atoms with Crippen LogP contribution in [0.4, 0.5) is 29.5 Å². The number of ether oxygens (including phenoxy) is 1. The number of benzene rings is 1. The fourth-order valence-corrected chi connectivity index (χ4v) is 3.04. The van der Waals surface area contributed by atoms with Crippen molar-refractivity contribution in [1.29, 1.82) is 0 Å². The van der Waals surface area contributed by atoms with E-state index in [4.69, 9.17) is 23.2 Å². The monoisotopic (exact) mass is 448 g/mol. The molecular weight excluding hydrogens is 436 g/mol. The summed E-state index contributed by atoms with van der Waals surface area (Å²) in [6.45, 7) is -0.292. The molecule has 1 unspecified atom stereocenters. The van der Waals surface area contributed by atoms with E-state index >= 15 is 0 Å². The molecule has 0 fully saturated rings. The van der Waals surface area contributed by atoms with Crippen LogP contribution in [0.5, 0.6) is 5.75 Å². The van der Waals surface area contributed by atoms with Crippen molar-refractivity contribution in [2.45, 2.75) is 12.4 Å². The highest BCUT2D eigenvalue weighted by atomic mass is 35.5. The Kier molecular flexibility index (Phi) is 6.04. The van der Waals surface area contributed by atoms with Crippen LogP contribution in [0, 0.1) is 0 Å². The first-order chi connectivity index (χ1) is 13.7. The highest BCUT2D eigenvalue weighted by Gasteiger charge is 2.32. The van der Waals surface area contributed by atoms with Crippen molar-refractivity contribution in [3.63, 3.8) is 0 Å². The molecule has 2 N–H and O–H groups in total. The Labute approximate surface area is 172 Å². The van der Waals surface area contributed by atoms with Gasteiger partial charge in [-0.25, -0.2) is 9.78 Å². The number of fused-ring (bicyclic) bond motifs is 1. The van der Waals surface area contributed by atoms with Crippen molar-refractivity contribution < 1.29 is 27.5 Å². The number of hydrogen-bond donors (Lipinski definition) is 2. The Balaban J connectivity index is 1.77. The molecule has 1 atom stereocenters. The molecule has 1 aromatic heterocycles. The number of amides is 3. The Morgan fingerprint density at radius 1 is 1.28 bits per heavy atom. The molecule has 0 aliphatic carbocycles. The topological polar surface area (TPSA) is 83.6 Å². The third-order valence-electron chi connectivity index (χ3n) is 3.89. The van der Waals surface area contributed by atoms with Gasteiger partial charge in [-0.05, 0) is 29.8 Å². The molecule has 0 radical (unpaired) electrons. The summed E-state index contributed by atoms with van der Waals surface area (Å²) < 4.78 is 40.6. The SMILES string of the molecule is O=C1CN(C(=O)NC(CCl)c2ccc(OC(F)(F)F)cc2)c2nc(Cl)ccc2N1. The number of carbonyl (C=O) groups is 2. The highest BCUT2D eigenvalue weighted by Crippen LogP contribution is 2.30. The normalized spacial score (nSPS) is 14.7. The van der Waals surface area contributed by atoms with E-state index in [9.17, 15) is 22.8 Å². The van der Waals surface area contributed by atoms with Crippen LogP contribution < -0.4 is 20.3 Å². The summed E-state index contributed by atoms with van der Waals surface area (Å²) in [5.41, 5.74) is 0.764. The first kappa shape index (κ1) is 21.0. The van der Waals surface area contributed by atoms with Crippen molar-refractivity contribution in [3.8, 4) is 5.75 Å². The molecule has 1 aliphatic rings. The lowest BCUT2D eigenvalue weighted by molar-refractivity contribution is -0.274. The molecular formula is C17H13Cl2F3N4O3. The van der Waals surface area contributed by atoms with Crippen LogP contribution in [-0.2, 0) is 4.79 Å². The standard InChI is InChI=1S/C17H13Cl2F3N4O3/c18-7-12(9-1-3-10(4-2-9)29-17(20,21)22)24-16(28)26-8-14(27)23-11-5-6-13(19)25-15(11)26/h1-6,12H,7-8H2,(H,23,27)(H,24,28). The van der Waals surface area contributed by atoms with Gasteiger partial charge in [0.05, 0.1) is 11.7 Å². The van der Waals surface area contributed by atoms with Gasteiger partial charge in [-0.3, -0.25) is 9.69 Å². The minimum atomic E-state index is -4.81. The number of hydrogen-bond acceptors (Lipinski definition) is 4. The number of rotatable bonds is 4. The minimum absolute atomic E-state index is 0.0684. The van der Waals surface area contributed by atoms with E-state index in [0.717, 1.165) is 17.0 Å². The van der Waals surface area contributed by atoms with Crippen LogP contribution in [-0.4, -0.2) is 35.7 Å². The molecule has 2 aromatic rings. The summed E-state index contributed by atoms with van der Waals surface area (Å²) in [4.78, 5) is 29.8. The lowest BCUT2D eigenvalue weighted by Crippen LogP contribution is -2.48. The third kappa shape index (κ3) is 5.21. The zero-order chi connectivity index (χ0) is 21.2. The van der Waals surface area contributed by atoms with Gasteiger partial charge in [0.2, 0.25) is 5.91 Å². The number of halogens is 5. The number of pyridine rings is 1. The molecule has 0 spiro atoms. The average molecular weight is 449 g/mol. The van der Waals surface area contributed by atoms with Gasteiger partial charge in [0.25, 0.3) is 0 Å². The Morgan fingerprint density at radius 3 is 2.59 bits per heavy atom. The molecule has 3 rings (SSSR count). The second-order valence-corrected chi connectivity index (χ2v) is 6.61. The van der Waals surface area contributed by atoms with Crippen molar-refractivity contribution in [2.75, 3.05) is 22.6 Å². The Hall–Kier alpha value is -2.72. The molecule has 0 saturated carbocycles. The number of nitrogens with one attached hydrogen (secondary N) is 2. The Morgan fingerprint density at radius 2 is 1.97 bits per heavy atom. The molecule has 12 heteroatoms. The maximum atomic E-state index is 12.7. The molecule has 0 saturated heterocycles. The molecule has 1 aromatic carbocycles. The van der Waals surface area contributed by atoms with E-state index in [1.54, 1.807) is 0 Å². The maximum Gasteiger partial charge on any atom is 0.573 e. The average Bonchev–Trinajstić information content (AvgIpc) is 2.65. The first-order valence-corrected chi connectivity index (χ1v) is 9.03. The van der Waals surface area contributed by atoms with Crippen LogP contribution in [0.3, 0.4) is 0 Å². The van der Waals surface area contributed by atoms with Crippen LogP contribution in [0.1, 0.15) is 11.6 Å². The minimum Gasteiger partial charge on any atom is -0.406 e. The Bertz CT molecular complexity index is 925. The smallest absolute Gasteiger partial charge is 0.406 e. The highest BCUT2D eigenvalue weighted by molar-refractivity contribution is 6.29. The summed E-state index contributed by atoms with van der Waals surface area (Å²) in [6, 6.07) is 6.49. The van der Waals surface area contributed by atoms with Gasteiger partial charge in [-0.2, -0.15) is 0 Å². The first-order valence-electron chi connectivity index (χ1n) is 8.12. The van der Waals surface area contributed by atoms with Gasteiger partial charge in [-0.15, -0.1) is 24.8 Å². The number of aromatic nitrogens is 1. The van der Waals surface area contributed by atoms with Crippen LogP contribution in [0.15, 0.2) is 36.4 Å².